The molecule has 0 atom stereocenters. The van der Waals surface area contributed by atoms with Crippen LogP contribution in [0.15, 0.2) is 0 Å². The van der Waals surface area contributed by atoms with Crippen molar-refractivity contribution in [2.45, 2.75) is 6.18 Å². The van der Waals surface area contributed by atoms with Crippen LogP contribution in [0, 0.1) is 0 Å². The van der Waals surface area contributed by atoms with Crippen LogP contribution < -0.4 is 15.2 Å². The molecule has 15 heavy (non-hydrogen) atoms. The Morgan fingerprint density at radius 1 is 1.20 bits per heavy atom. The van der Waals surface area contributed by atoms with Crippen LogP contribution in [-0.4, -0.2) is 34.8 Å². The lowest BCUT2D eigenvalue weighted by Crippen LogP contribution is -2.20. The normalized spacial score (nSPS) is 11.2. The van der Waals surface area contributed by atoms with Crippen molar-refractivity contribution >= 4 is 5.95 Å². The summed E-state index contributed by atoms with van der Waals surface area (Å²) in [6.07, 6.45) is -4.46. The van der Waals surface area contributed by atoms with Crippen molar-refractivity contribution in [1.82, 2.24) is 15.0 Å². The molecule has 0 radical (unpaired) electrons. The van der Waals surface area contributed by atoms with Crippen molar-refractivity contribution in [3.63, 3.8) is 0 Å². The van der Waals surface area contributed by atoms with E-state index in [0.717, 1.165) is 0 Å². The predicted molar refractivity (Wildman–Crippen MR) is 42.3 cm³/mol. The van der Waals surface area contributed by atoms with E-state index in [1.54, 1.807) is 0 Å². The molecule has 1 aromatic heterocycles. The van der Waals surface area contributed by atoms with Gasteiger partial charge in [0.15, 0.2) is 6.61 Å². The van der Waals surface area contributed by atoms with E-state index in [1.165, 1.54) is 7.11 Å². The minimum absolute atomic E-state index is 0.209. The first kappa shape index (κ1) is 11.3. The van der Waals surface area contributed by atoms with Crippen molar-refractivity contribution in [2.75, 3.05) is 19.5 Å². The van der Waals surface area contributed by atoms with Gasteiger partial charge in [-0.2, -0.15) is 23.1 Å². The molecule has 0 aliphatic carbocycles. The van der Waals surface area contributed by atoms with Gasteiger partial charge in [0.1, 0.15) is 0 Å². The zero-order valence-electron chi connectivity index (χ0n) is 7.58. The summed E-state index contributed by atoms with van der Waals surface area (Å²) in [5, 5.41) is 0. The van der Waals surface area contributed by atoms with Crippen LogP contribution in [0.25, 0.3) is 0 Å². The van der Waals surface area contributed by atoms with Crippen molar-refractivity contribution in [3.05, 3.63) is 0 Å². The van der Waals surface area contributed by atoms with Gasteiger partial charge in [-0.05, 0) is 0 Å². The largest absolute Gasteiger partial charge is 0.467 e. The molecule has 0 aromatic carbocycles. The number of nitrogens with zero attached hydrogens (tertiary/aromatic N) is 3. The van der Waals surface area contributed by atoms with E-state index in [2.05, 4.69) is 24.4 Å². The van der Waals surface area contributed by atoms with E-state index in [9.17, 15) is 13.2 Å². The van der Waals surface area contributed by atoms with E-state index >= 15 is 0 Å². The number of anilines is 1. The second kappa shape index (κ2) is 4.15. The molecule has 0 saturated carbocycles. The first-order valence-corrected chi connectivity index (χ1v) is 3.66. The summed E-state index contributed by atoms with van der Waals surface area (Å²) in [5.41, 5.74) is 5.17. The van der Waals surface area contributed by atoms with E-state index in [1.807, 2.05) is 0 Å². The first-order chi connectivity index (χ1) is 6.90. The lowest BCUT2D eigenvalue weighted by Gasteiger charge is -2.07. The highest BCUT2D eigenvalue weighted by Gasteiger charge is 2.29. The summed E-state index contributed by atoms with van der Waals surface area (Å²) in [7, 11) is 1.24. The molecule has 84 valence electrons. The summed E-state index contributed by atoms with van der Waals surface area (Å²) in [6, 6.07) is -0.739. The molecule has 0 spiro atoms. The topological polar surface area (TPSA) is 83.2 Å². The van der Waals surface area contributed by atoms with Crippen molar-refractivity contribution < 1.29 is 22.6 Å². The summed E-state index contributed by atoms with van der Waals surface area (Å²) >= 11 is 0. The molecule has 2 N–H and O–H groups in total. The van der Waals surface area contributed by atoms with Gasteiger partial charge in [0.2, 0.25) is 5.95 Å². The smallest absolute Gasteiger partial charge is 0.422 e. The summed E-state index contributed by atoms with van der Waals surface area (Å²) < 4.78 is 44.1. The van der Waals surface area contributed by atoms with E-state index in [4.69, 9.17) is 5.73 Å². The standard InChI is InChI=1S/C6H7F3N4O2/c1-14-4-11-3(10)12-5(13-4)15-2-6(7,8)9/h2H2,1H3,(H2,10,11,12,13). The quantitative estimate of drug-likeness (QED) is 0.800. The maximum atomic E-state index is 11.8. The van der Waals surface area contributed by atoms with Crippen LogP contribution in [0.1, 0.15) is 0 Å². The van der Waals surface area contributed by atoms with Gasteiger partial charge in [-0.3, -0.25) is 0 Å². The highest BCUT2D eigenvalue weighted by atomic mass is 19.4. The molecule has 1 rings (SSSR count). The van der Waals surface area contributed by atoms with Crippen molar-refractivity contribution in [1.29, 1.82) is 0 Å². The molecule has 6 nitrogen and oxygen atoms in total. The van der Waals surface area contributed by atoms with E-state index in [0.29, 0.717) is 0 Å². The number of nitrogens with two attached hydrogens (primary N) is 1. The number of alkyl halides is 3. The molecule has 0 bridgehead atoms. The van der Waals surface area contributed by atoms with Crippen LogP contribution in [0.3, 0.4) is 0 Å². The summed E-state index contributed by atoms with van der Waals surface area (Å²) in [5.74, 6) is -0.279. The molecular weight excluding hydrogens is 217 g/mol. The third kappa shape index (κ3) is 3.83. The van der Waals surface area contributed by atoms with Crippen molar-refractivity contribution in [3.8, 4) is 12.0 Å². The predicted octanol–water partition coefficient (Wildman–Crippen LogP) is 0.403. The number of hydrogen-bond donors (Lipinski definition) is 1. The van der Waals surface area contributed by atoms with Gasteiger partial charge >= 0.3 is 18.2 Å². The molecular formula is C6H7F3N4O2. The Morgan fingerprint density at radius 3 is 2.33 bits per heavy atom. The fraction of sp³-hybridized carbons (Fsp3) is 0.500. The van der Waals surface area contributed by atoms with E-state index < -0.39 is 18.8 Å². The van der Waals surface area contributed by atoms with Crippen molar-refractivity contribution in [2.24, 2.45) is 0 Å². The molecule has 0 amide bonds. The van der Waals surface area contributed by atoms with Gasteiger partial charge < -0.3 is 15.2 Å². The van der Waals surface area contributed by atoms with E-state index in [-0.39, 0.29) is 12.0 Å². The number of methoxy groups -OCH3 is 1. The maximum absolute atomic E-state index is 11.8. The lowest BCUT2D eigenvalue weighted by atomic mass is 10.7. The third-order valence-electron chi connectivity index (χ3n) is 1.16. The first-order valence-electron chi connectivity index (χ1n) is 3.66. The van der Waals surface area contributed by atoms with Crippen LogP contribution >= 0.6 is 0 Å². The Morgan fingerprint density at radius 2 is 1.80 bits per heavy atom. The Hall–Kier alpha value is -1.80. The Labute approximate surface area is 82.2 Å². The Kier molecular flexibility index (Phi) is 3.12. The highest BCUT2D eigenvalue weighted by Crippen LogP contribution is 2.17. The SMILES string of the molecule is COc1nc(N)nc(OCC(F)(F)F)n1. The number of nitrogen functional groups attached to an aromatic ring is 1. The second-order valence-corrected chi connectivity index (χ2v) is 2.37. The summed E-state index contributed by atoms with van der Waals surface area (Å²) in [6.45, 7) is -1.50. The molecule has 0 unspecified atom stereocenters. The van der Waals surface area contributed by atoms with Crippen LogP contribution in [0.2, 0.25) is 0 Å². The zero-order chi connectivity index (χ0) is 11.5. The monoisotopic (exact) mass is 224 g/mol. The lowest BCUT2D eigenvalue weighted by molar-refractivity contribution is -0.154. The number of aromatic nitrogens is 3. The molecule has 1 aromatic rings. The molecule has 0 aliphatic rings. The van der Waals surface area contributed by atoms with Crippen LogP contribution in [0.4, 0.5) is 19.1 Å². The van der Waals surface area contributed by atoms with Gasteiger partial charge in [-0.25, -0.2) is 0 Å². The van der Waals surface area contributed by atoms with Crippen LogP contribution in [0.5, 0.6) is 12.0 Å². The number of halogens is 3. The Bertz CT molecular complexity index is 344. The fourth-order valence-corrected chi connectivity index (χ4v) is 0.655. The minimum atomic E-state index is -4.46. The molecule has 0 aliphatic heterocycles. The molecule has 1 heterocycles. The van der Waals surface area contributed by atoms with Gasteiger partial charge in [0.25, 0.3) is 0 Å². The number of rotatable bonds is 3. The second-order valence-electron chi connectivity index (χ2n) is 2.37. The van der Waals surface area contributed by atoms with Crippen LogP contribution in [-0.2, 0) is 0 Å². The third-order valence-corrected chi connectivity index (χ3v) is 1.16. The zero-order valence-corrected chi connectivity index (χ0v) is 7.58. The summed E-state index contributed by atoms with van der Waals surface area (Å²) in [4.78, 5) is 10.2. The average Bonchev–Trinajstić information content (AvgIpc) is 2.13. The minimum Gasteiger partial charge on any atom is -0.467 e. The number of hydrogen-bond acceptors (Lipinski definition) is 6. The average molecular weight is 224 g/mol. The van der Waals surface area contributed by atoms with Gasteiger partial charge in [0, 0.05) is 0 Å². The molecule has 0 fully saturated rings. The molecule has 0 saturated heterocycles. The molecule has 9 heteroatoms. The maximum Gasteiger partial charge on any atom is 0.422 e. The Balaban J connectivity index is 2.73. The fourth-order valence-electron chi connectivity index (χ4n) is 0.655. The van der Waals surface area contributed by atoms with Gasteiger partial charge in [-0.15, -0.1) is 4.98 Å². The number of ether oxygens (including phenoxy) is 2. The highest BCUT2D eigenvalue weighted by molar-refractivity contribution is 5.20. The van der Waals surface area contributed by atoms with Gasteiger partial charge in [-0.1, -0.05) is 0 Å². The van der Waals surface area contributed by atoms with Gasteiger partial charge in [0.05, 0.1) is 7.11 Å².